The van der Waals surface area contributed by atoms with Gasteiger partial charge in [-0.2, -0.15) is 0 Å². The smallest absolute Gasteiger partial charge is 0.220 e. The number of carbonyl (C=O) groups excluding carboxylic acids is 1. The van der Waals surface area contributed by atoms with Crippen molar-refractivity contribution in [1.82, 2.24) is 5.32 Å². The Labute approximate surface area is 312 Å². The highest BCUT2D eigenvalue weighted by Crippen LogP contribution is 2.26. The van der Waals surface area contributed by atoms with E-state index in [2.05, 4.69) is 31.3 Å². The third-order valence-corrected chi connectivity index (χ3v) is 10.5. The van der Waals surface area contributed by atoms with Crippen LogP contribution in [0.15, 0.2) is 12.2 Å². The van der Waals surface area contributed by atoms with Gasteiger partial charge in [-0.25, -0.2) is 0 Å². The van der Waals surface area contributed by atoms with Crippen molar-refractivity contribution in [2.24, 2.45) is 5.92 Å². The van der Waals surface area contributed by atoms with Crippen molar-refractivity contribution in [3.05, 3.63) is 12.2 Å². The molecule has 1 unspecified atom stereocenters. The number of aliphatic hydroxyl groups excluding tert-OH is 5. The maximum atomic E-state index is 13.3. The number of ether oxygens (including phenoxy) is 2. The summed E-state index contributed by atoms with van der Waals surface area (Å²) in [4.78, 5) is 13.3. The summed E-state index contributed by atoms with van der Waals surface area (Å²) in [7, 11) is 0. The molecule has 0 bridgehead atoms. The number of nitrogens with one attached hydrogen (secondary N) is 1. The fourth-order valence-electron chi connectivity index (χ4n) is 7.09. The summed E-state index contributed by atoms with van der Waals surface area (Å²) in [6.07, 6.45) is 26.7. The van der Waals surface area contributed by atoms with E-state index in [1.54, 1.807) is 0 Å². The molecule has 0 saturated carbocycles. The fraction of sp³-hybridized carbons (Fsp3) is 0.929. The maximum Gasteiger partial charge on any atom is 0.220 e. The maximum absolute atomic E-state index is 13.3. The van der Waals surface area contributed by atoms with Gasteiger partial charge in [-0.1, -0.05) is 135 Å². The number of carbonyl (C=O) groups is 1. The van der Waals surface area contributed by atoms with Gasteiger partial charge in [-0.15, -0.1) is 0 Å². The Balaban J connectivity index is 2.63. The number of amides is 1. The van der Waals surface area contributed by atoms with Crippen LogP contribution in [0, 0.1) is 5.92 Å². The molecule has 1 saturated heterocycles. The Morgan fingerprint density at radius 1 is 0.686 bits per heavy atom. The SMILES string of the molecule is CCCCCCCC/C=C\CCCCCCCC(=O)NC(CO[C@H]1O[C@H](CO)[C@H](O)[C@H](O)[C@H]1O)[C@H](CCCCC)CCCCCCCC[C@H](C)O. The first-order chi connectivity index (χ1) is 24.7. The van der Waals surface area contributed by atoms with Crippen molar-refractivity contribution in [2.45, 2.75) is 231 Å². The number of aliphatic hydroxyl groups is 5. The Hall–Kier alpha value is -1.07. The monoisotopic (exact) mass is 728 g/mol. The molecular weight excluding hydrogens is 646 g/mol. The van der Waals surface area contributed by atoms with E-state index in [1.165, 1.54) is 57.8 Å². The van der Waals surface area contributed by atoms with Crippen LogP contribution in [-0.2, 0) is 14.3 Å². The van der Waals surface area contributed by atoms with Gasteiger partial charge in [0.05, 0.1) is 25.4 Å². The van der Waals surface area contributed by atoms with Crippen LogP contribution >= 0.6 is 0 Å². The molecule has 302 valence electrons. The molecule has 1 fully saturated rings. The van der Waals surface area contributed by atoms with Gasteiger partial charge < -0.3 is 40.3 Å². The predicted molar refractivity (Wildman–Crippen MR) is 207 cm³/mol. The fourth-order valence-corrected chi connectivity index (χ4v) is 7.09. The topological polar surface area (TPSA) is 149 Å². The van der Waals surface area contributed by atoms with Gasteiger partial charge in [0.1, 0.15) is 24.4 Å². The van der Waals surface area contributed by atoms with E-state index in [4.69, 9.17) is 9.47 Å². The minimum atomic E-state index is -1.50. The summed E-state index contributed by atoms with van der Waals surface area (Å²) in [5.74, 6) is 0.198. The third kappa shape index (κ3) is 24.1. The first kappa shape index (κ1) is 48.0. The Morgan fingerprint density at radius 3 is 1.75 bits per heavy atom. The average molecular weight is 728 g/mol. The van der Waals surface area contributed by atoms with Crippen LogP contribution < -0.4 is 5.32 Å². The molecule has 51 heavy (non-hydrogen) atoms. The zero-order valence-electron chi connectivity index (χ0n) is 33.0. The van der Waals surface area contributed by atoms with Crippen molar-refractivity contribution in [3.63, 3.8) is 0 Å². The van der Waals surface area contributed by atoms with Gasteiger partial charge in [0.2, 0.25) is 5.91 Å². The first-order valence-electron chi connectivity index (χ1n) is 21.3. The van der Waals surface area contributed by atoms with Crippen LogP contribution in [0.25, 0.3) is 0 Å². The predicted octanol–water partition coefficient (Wildman–Crippen LogP) is 8.02. The molecule has 9 heteroatoms. The van der Waals surface area contributed by atoms with Crippen molar-refractivity contribution in [1.29, 1.82) is 0 Å². The summed E-state index contributed by atoms with van der Waals surface area (Å²) in [5.41, 5.74) is 0. The lowest BCUT2D eigenvalue weighted by Gasteiger charge is -2.40. The quantitative estimate of drug-likeness (QED) is 0.0288. The normalized spacial score (nSPS) is 22.7. The lowest BCUT2D eigenvalue weighted by molar-refractivity contribution is -0.302. The van der Waals surface area contributed by atoms with Gasteiger partial charge in [0.25, 0.3) is 0 Å². The molecule has 1 rings (SSSR count). The third-order valence-electron chi connectivity index (χ3n) is 10.5. The highest BCUT2D eigenvalue weighted by Gasteiger charge is 2.44. The Morgan fingerprint density at radius 2 is 1.18 bits per heavy atom. The zero-order chi connectivity index (χ0) is 37.5. The van der Waals surface area contributed by atoms with E-state index in [1.807, 2.05) is 6.92 Å². The highest BCUT2D eigenvalue weighted by molar-refractivity contribution is 5.76. The second-order valence-corrected chi connectivity index (χ2v) is 15.3. The molecule has 0 spiro atoms. The molecule has 1 amide bonds. The molecule has 9 nitrogen and oxygen atoms in total. The van der Waals surface area contributed by atoms with Gasteiger partial charge in [-0.3, -0.25) is 4.79 Å². The molecule has 8 atom stereocenters. The standard InChI is InChI=1S/C42H81NO8/c1-4-6-8-9-10-11-12-13-14-15-16-17-18-23-27-31-38(46)43-36(33-50-42-41(49)40(48)39(47)37(32-44)51-42)35(29-24-7-5-2)30-26-22-20-19-21-25-28-34(3)45/h13-14,34-37,39-42,44-45,47-49H,4-12,15-33H2,1-3H3,(H,43,46)/b14-13-/t34-,35+,36?,37+,39-,40-,41+,42-/m0/s1. The number of hydrogen-bond donors (Lipinski definition) is 6. The number of hydrogen-bond acceptors (Lipinski definition) is 8. The van der Waals surface area contributed by atoms with Crippen molar-refractivity contribution < 1.29 is 39.8 Å². The second-order valence-electron chi connectivity index (χ2n) is 15.3. The number of allylic oxidation sites excluding steroid dienone is 2. The molecule has 0 aromatic heterocycles. The number of unbranched alkanes of at least 4 members (excludes halogenated alkanes) is 18. The van der Waals surface area contributed by atoms with Gasteiger partial charge >= 0.3 is 0 Å². The van der Waals surface area contributed by atoms with Crippen molar-refractivity contribution in [3.8, 4) is 0 Å². The number of rotatable bonds is 34. The van der Waals surface area contributed by atoms with E-state index < -0.39 is 37.3 Å². The Bertz CT molecular complexity index is 825. The van der Waals surface area contributed by atoms with Crippen LogP contribution in [0.2, 0.25) is 0 Å². The Kier molecular flexibility index (Phi) is 30.4. The van der Waals surface area contributed by atoms with Crippen LogP contribution in [0.4, 0.5) is 0 Å². The van der Waals surface area contributed by atoms with Crippen LogP contribution in [-0.4, -0.2) is 87.5 Å². The molecule has 0 aliphatic carbocycles. The summed E-state index contributed by atoms with van der Waals surface area (Å²) in [5, 5.41) is 53.5. The molecule has 0 radical (unpaired) electrons. The van der Waals surface area contributed by atoms with Crippen LogP contribution in [0.5, 0.6) is 0 Å². The largest absolute Gasteiger partial charge is 0.394 e. The first-order valence-corrected chi connectivity index (χ1v) is 21.3. The van der Waals surface area contributed by atoms with Gasteiger partial charge in [0.15, 0.2) is 6.29 Å². The molecule has 1 heterocycles. The van der Waals surface area contributed by atoms with E-state index in [-0.39, 0.29) is 30.6 Å². The second kappa shape index (κ2) is 32.4. The van der Waals surface area contributed by atoms with E-state index in [9.17, 15) is 30.3 Å². The molecule has 1 aliphatic rings. The molecule has 6 N–H and O–H groups in total. The van der Waals surface area contributed by atoms with Gasteiger partial charge in [0, 0.05) is 6.42 Å². The van der Waals surface area contributed by atoms with Crippen molar-refractivity contribution >= 4 is 5.91 Å². The lowest BCUT2D eigenvalue weighted by atomic mass is 9.88. The van der Waals surface area contributed by atoms with Gasteiger partial charge in [-0.05, 0) is 64.2 Å². The zero-order valence-corrected chi connectivity index (χ0v) is 33.0. The molecular formula is C42H81NO8. The minimum absolute atomic E-state index is 0.00799. The van der Waals surface area contributed by atoms with E-state index >= 15 is 0 Å². The van der Waals surface area contributed by atoms with E-state index in [0.717, 1.165) is 103 Å². The summed E-state index contributed by atoms with van der Waals surface area (Å²) >= 11 is 0. The van der Waals surface area contributed by atoms with Crippen molar-refractivity contribution in [2.75, 3.05) is 13.2 Å². The van der Waals surface area contributed by atoms with Crippen LogP contribution in [0.1, 0.15) is 188 Å². The summed E-state index contributed by atoms with van der Waals surface area (Å²) < 4.78 is 11.6. The minimum Gasteiger partial charge on any atom is -0.394 e. The summed E-state index contributed by atoms with van der Waals surface area (Å²) in [6, 6.07) is -0.282. The lowest BCUT2D eigenvalue weighted by Crippen LogP contribution is -2.59. The molecule has 1 aliphatic heterocycles. The van der Waals surface area contributed by atoms with E-state index in [0.29, 0.717) is 6.42 Å². The highest BCUT2D eigenvalue weighted by atomic mass is 16.7. The summed E-state index contributed by atoms with van der Waals surface area (Å²) in [6.45, 7) is 5.87. The molecule has 0 aromatic rings. The van der Waals surface area contributed by atoms with Crippen LogP contribution in [0.3, 0.4) is 0 Å². The molecule has 0 aromatic carbocycles. The average Bonchev–Trinajstić information content (AvgIpc) is 3.11.